The molecule has 0 aromatic heterocycles. The highest BCUT2D eigenvalue weighted by atomic mass is 19.4. The van der Waals surface area contributed by atoms with Crippen molar-refractivity contribution in [3.8, 4) is 0 Å². The number of aliphatic carboxylic acids is 1. The molecule has 0 spiro atoms. The molecular weight excluding hydrogens is 281 g/mol. The van der Waals surface area contributed by atoms with Gasteiger partial charge >= 0.3 is 12.1 Å². The number of hydrogen-bond donors (Lipinski definition) is 2. The predicted molar refractivity (Wildman–Crippen MR) is 63.5 cm³/mol. The number of nitrogens with zero attached hydrogens (tertiary/aromatic N) is 1. The molecule has 2 aliphatic heterocycles. The standard InChI is InChI=1S/C9H16N2O2.C2HF3O2/c1-2-4-12-9(3-1)7-13-11-8-5-10-6-8;3-2(4,5)1(6)7/h9-10H,1-7H2;(H,6,7)/t9-;/m0./s1. The Labute approximate surface area is 113 Å². The highest BCUT2D eigenvalue weighted by Gasteiger charge is 2.38. The van der Waals surface area contributed by atoms with Gasteiger partial charge in [-0.2, -0.15) is 13.2 Å². The van der Waals surface area contributed by atoms with Crippen molar-refractivity contribution in [2.75, 3.05) is 26.3 Å². The van der Waals surface area contributed by atoms with Crippen LogP contribution in [0.15, 0.2) is 5.16 Å². The molecule has 0 saturated carbocycles. The highest BCUT2D eigenvalue weighted by Crippen LogP contribution is 2.13. The van der Waals surface area contributed by atoms with Crippen molar-refractivity contribution >= 4 is 11.7 Å². The monoisotopic (exact) mass is 298 g/mol. The van der Waals surface area contributed by atoms with Crippen molar-refractivity contribution in [1.82, 2.24) is 5.32 Å². The van der Waals surface area contributed by atoms with Gasteiger partial charge in [0.2, 0.25) is 0 Å². The minimum absolute atomic E-state index is 0.270. The zero-order valence-corrected chi connectivity index (χ0v) is 10.8. The largest absolute Gasteiger partial charge is 0.490 e. The maximum absolute atomic E-state index is 10.6. The zero-order chi connectivity index (χ0) is 15.0. The molecule has 9 heteroatoms. The van der Waals surface area contributed by atoms with E-state index in [-0.39, 0.29) is 6.10 Å². The van der Waals surface area contributed by atoms with E-state index in [0.29, 0.717) is 6.61 Å². The minimum atomic E-state index is -5.08. The first kappa shape index (κ1) is 16.7. The second-order valence-corrected chi connectivity index (χ2v) is 4.35. The fourth-order valence-electron chi connectivity index (χ4n) is 1.45. The molecule has 2 N–H and O–H groups in total. The number of nitrogens with one attached hydrogen (secondary N) is 1. The van der Waals surface area contributed by atoms with Crippen molar-refractivity contribution in [2.45, 2.75) is 31.5 Å². The second-order valence-electron chi connectivity index (χ2n) is 4.35. The van der Waals surface area contributed by atoms with Crippen molar-refractivity contribution in [3.63, 3.8) is 0 Å². The molecule has 6 nitrogen and oxygen atoms in total. The molecule has 20 heavy (non-hydrogen) atoms. The third kappa shape index (κ3) is 6.71. The number of halogens is 3. The number of alkyl halides is 3. The smallest absolute Gasteiger partial charge is 0.475 e. The lowest BCUT2D eigenvalue weighted by atomic mass is 10.1. The van der Waals surface area contributed by atoms with Gasteiger partial charge in [0.15, 0.2) is 0 Å². The molecule has 2 rings (SSSR count). The van der Waals surface area contributed by atoms with Gasteiger partial charge in [-0.1, -0.05) is 5.16 Å². The van der Waals surface area contributed by atoms with E-state index in [1.54, 1.807) is 0 Å². The molecule has 0 bridgehead atoms. The second kappa shape index (κ2) is 8.05. The molecule has 1 atom stereocenters. The molecule has 2 saturated heterocycles. The van der Waals surface area contributed by atoms with E-state index in [2.05, 4.69) is 10.5 Å². The van der Waals surface area contributed by atoms with Crippen LogP contribution in [0.5, 0.6) is 0 Å². The lowest BCUT2D eigenvalue weighted by Gasteiger charge is -2.22. The zero-order valence-electron chi connectivity index (χ0n) is 10.8. The summed E-state index contributed by atoms with van der Waals surface area (Å²) in [5.41, 5.74) is 1.11. The van der Waals surface area contributed by atoms with Crippen LogP contribution in [0, 0.1) is 0 Å². The average molecular weight is 298 g/mol. The first-order valence-corrected chi connectivity index (χ1v) is 6.19. The van der Waals surface area contributed by atoms with Crippen LogP contribution in [0.2, 0.25) is 0 Å². The Bertz CT molecular complexity index is 335. The van der Waals surface area contributed by atoms with Crippen molar-refractivity contribution in [1.29, 1.82) is 0 Å². The summed E-state index contributed by atoms with van der Waals surface area (Å²) in [6.07, 6.45) is -1.25. The summed E-state index contributed by atoms with van der Waals surface area (Å²) in [4.78, 5) is 14.1. The van der Waals surface area contributed by atoms with E-state index in [1.807, 2.05) is 0 Å². The van der Waals surface area contributed by atoms with Crippen LogP contribution in [0.4, 0.5) is 13.2 Å². The average Bonchev–Trinajstić information content (AvgIpc) is 2.33. The van der Waals surface area contributed by atoms with Crippen LogP contribution in [0.3, 0.4) is 0 Å². The molecular formula is C11H17F3N2O4. The van der Waals surface area contributed by atoms with E-state index >= 15 is 0 Å². The van der Waals surface area contributed by atoms with E-state index in [1.165, 1.54) is 12.8 Å². The van der Waals surface area contributed by atoms with E-state index < -0.39 is 12.1 Å². The van der Waals surface area contributed by atoms with Gasteiger partial charge in [0.05, 0.1) is 11.8 Å². The summed E-state index contributed by atoms with van der Waals surface area (Å²) in [5, 5.41) is 14.2. The van der Waals surface area contributed by atoms with Crippen molar-refractivity contribution < 1.29 is 32.6 Å². The molecule has 2 fully saturated rings. The van der Waals surface area contributed by atoms with Gasteiger partial charge in [-0.05, 0) is 19.3 Å². The van der Waals surface area contributed by atoms with Gasteiger partial charge in [0, 0.05) is 19.7 Å². The number of carboxylic acids is 1. The van der Waals surface area contributed by atoms with Crippen LogP contribution < -0.4 is 5.32 Å². The molecule has 0 aromatic carbocycles. The normalized spacial score (nSPS) is 22.1. The van der Waals surface area contributed by atoms with Gasteiger partial charge in [0.25, 0.3) is 0 Å². The quantitative estimate of drug-likeness (QED) is 0.764. The van der Waals surface area contributed by atoms with Crippen LogP contribution in [0.1, 0.15) is 19.3 Å². The molecule has 0 amide bonds. The predicted octanol–water partition coefficient (Wildman–Crippen LogP) is 1.16. The van der Waals surface area contributed by atoms with Crippen molar-refractivity contribution in [2.24, 2.45) is 5.16 Å². The minimum Gasteiger partial charge on any atom is -0.475 e. The Morgan fingerprint density at radius 2 is 2.10 bits per heavy atom. The van der Waals surface area contributed by atoms with Gasteiger partial charge < -0.3 is 20.0 Å². The fraction of sp³-hybridized carbons (Fsp3) is 0.818. The molecule has 116 valence electrons. The van der Waals surface area contributed by atoms with Crippen LogP contribution in [-0.2, 0) is 14.4 Å². The number of hydrogen-bond acceptors (Lipinski definition) is 5. The Balaban J connectivity index is 0.000000246. The molecule has 2 heterocycles. The SMILES string of the molecule is C1CC[C@@H](CON=C2CNC2)OC1.O=C(O)C(F)(F)F. The topological polar surface area (TPSA) is 80.1 Å². The summed E-state index contributed by atoms with van der Waals surface area (Å²) in [6, 6.07) is 0. The summed E-state index contributed by atoms with van der Waals surface area (Å²) < 4.78 is 37.2. The van der Waals surface area contributed by atoms with Gasteiger partial charge in [-0.25, -0.2) is 4.79 Å². The molecule has 0 aromatic rings. The molecule has 2 aliphatic rings. The van der Waals surface area contributed by atoms with Crippen LogP contribution in [-0.4, -0.2) is 55.4 Å². The fourth-order valence-corrected chi connectivity index (χ4v) is 1.45. The third-order valence-corrected chi connectivity index (χ3v) is 2.63. The number of rotatable bonds is 3. The Kier molecular flexibility index (Phi) is 6.73. The number of carbonyl (C=O) groups is 1. The van der Waals surface area contributed by atoms with Crippen LogP contribution >= 0.6 is 0 Å². The van der Waals surface area contributed by atoms with Gasteiger partial charge in [-0.15, -0.1) is 0 Å². The van der Waals surface area contributed by atoms with E-state index in [0.717, 1.165) is 31.8 Å². The summed E-state index contributed by atoms with van der Waals surface area (Å²) >= 11 is 0. The van der Waals surface area contributed by atoms with Gasteiger partial charge in [-0.3, -0.25) is 0 Å². The maximum Gasteiger partial charge on any atom is 0.490 e. The van der Waals surface area contributed by atoms with Crippen molar-refractivity contribution in [3.05, 3.63) is 0 Å². The first-order valence-electron chi connectivity index (χ1n) is 6.19. The highest BCUT2D eigenvalue weighted by molar-refractivity contribution is 5.92. The third-order valence-electron chi connectivity index (χ3n) is 2.63. The number of oxime groups is 1. The Morgan fingerprint density at radius 1 is 1.45 bits per heavy atom. The van der Waals surface area contributed by atoms with E-state index in [4.69, 9.17) is 19.5 Å². The van der Waals surface area contributed by atoms with Gasteiger partial charge in [0.1, 0.15) is 6.61 Å². The molecule has 0 aliphatic carbocycles. The Morgan fingerprint density at radius 3 is 2.50 bits per heavy atom. The first-order chi connectivity index (χ1) is 9.39. The number of carboxylic acid groups (broad SMARTS) is 1. The summed E-state index contributed by atoms with van der Waals surface area (Å²) in [7, 11) is 0. The molecule has 0 radical (unpaired) electrons. The maximum atomic E-state index is 10.6. The summed E-state index contributed by atoms with van der Waals surface area (Å²) in [6.45, 7) is 3.26. The molecule has 0 unspecified atom stereocenters. The lowest BCUT2D eigenvalue weighted by molar-refractivity contribution is -0.192. The Hall–Kier alpha value is -1.35. The summed E-state index contributed by atoms with van der Waals surface area (Å²) in [5.74, 6) is -2.76. The van der Waals surface area contributed by atoms with Crippen LogP contribution in [0.25, 0.3) is 0 Å². The van der Waals surface area contributed by atoms with E-state index in [9.17, 15) is 13.2 Å². The lowest BCUT2D eigenvalue weighted by Crippen LogP contribution is -2.42. The number of ether oxygens (including phenoxy) is 1.